The normalized spacial score (nSPS) is 10.8. The Kier molecular flexibility index (Phi) is 6.17. The molecule has 0 aliphatic rings. The Balaban J connectivity index is 1.59. The second kappa shape index (κ2) is 9.52. The molecule has 8 heteroatoms. The third-order valence-electron chi connectivity index (χ3n) is 4.84. The van der Waals surface area contributed by atoms with E-state index in [0.29, 0.717) is 11.1 Å². The molecular formula is C25H17N3O5. The van der Waals surface area contributed by atoms with Gasteiger partial charge in [0.15, 0.2) is 0 Å². The average Bonchev–Trinajstić information content (AvgIpc) is 2.85. The fraction of sp³-hybridized carbons (Fsp3) is 0. The van der Waals surface area contributed by atoms with E-state index in [2.05, 4.69) is 10.5 Å². The third kappa shape index (κ3) is 4.91. The summed E-state index contributed by atoms with van der Waals surface area (Å²) in [4.78, 5) is 35.1. The highest BCUT2D eigenvalue weighted by Crippen LogP contribution is 2.27. The lowest BCUT2D eigenvalue weighted by atomic mass is 10.0. The van der Waals surface area contributed by atoms with Crippen molar-refractivity contribution in [1.82, 2.24) is 5.43 Å². The van der Waals surface area contributed by atoms with Crippen LogP contribution in [0.5, 0.6) is 5.75 Å². The first-order valence-corrected chi connectivity index (χ1v) is 9.90. The first-order valence-electron chi connectivity index (χ1n) is 9.90. The maximum atomic E-state index is 12.6. The number of benzene rings is 4. The molecule has 1 amide bonds. The van der Waals surface area contributed by atoms with Gasteiger partial charge in [-0.15, -0.1) is 0 Å². The van der Waals surface area contributed by atoms with Crippen molar-refractivity contribution in [3.63, 3.8) is 0 Å². The van der Waals surface area contributed by atoms with Gasteiger partial charge in [0.1, 0.15) is 5.75 Å². The monoisotopic (exact) mass is 439 g/mol. The molecule has 8 nitrogen and oxygen atoms in total. The topological polar surface area (TPSA) is 111 Å². The van der Waals surface area contributed by atoms with Crippen LogP contribution < -0.4 is 10.2 Å². The molecule has 0 saturated heterocycles. The Morgan fingerprint density at radius 2 is 1.55 bits per heavy atom. The van der Waals surface area contributed by atoms with Gasteiger partial charge in [0.2, 0.25) is 0 Å². The summed E-state index contributed by atoms with van der Waals surface area (Å²) in [6.45, 7) is 0. The van der Waals surface area contributed by atoms with Gasteiger partial charge in [-0.1, -0.05) is 48.5 Å². The number of fused-ring (bicyclic) bond motifs is 1. The Hall–Kier alpha value is -4.85. The zero-order chi connectivity index (χ0) is 23.2. The molecule has 4 aromatic rings. The smallest absolute Gasteiger partial charge is 0.343 e. The maximum absolute atomic E-state index is 12.6. The van der Waals surface area contributed by atoms with Crippen LogP contribution in [-0.2, 0) is 0 Å². The van der Waals surface area contributed by atoms with Crippen molar-refractivity contribution in [3.05, 3.63) is 118 Å². The number of nitro benzene ring substituents is 1. The van der Waals surface area contributed by atoms with Crippen molar-refractivity contribution in [1.29, 1.82) is 0 Å². The van der Waals surface area contributed by atoms with Crippen LogP contribution >= 0.6 is 0 Å². The van der Waals surface area contributed by atoms with E-state index in [0.717, 1.165) is 10.8 Å². The molecule has 0 spiro atoms. The lowest BCUT2D eigenvalue weighted by molar-refractivity contribution is -0.384. The van der Waals surface area contributed by atoms with Crippen LogP contribution in [0.25, 0.3) is 10.8 Å². The van der Waals surface area contributed by atoms with Gasteiger partial charge in [0.25, 0.3) is 11.6 Å². The number of carbonyl (C=O) groups excluding carboxylic acids is 2. The number of ether oxygens (including phenoxy) is 1. The highest BCUT2D eigenvalue weighted by atomic mass is 16.6. The minimum Gasteiger partial charge on any atom is -0.422 e. The molecule has 162 valence electrons. The number of hydrogen-bond donors (Lipinski definition) is 1. The van der Waals surface area contributed by atoms with E-state index < -0.39 is 16.8 Å². The summed E-state index contributed by atoms with van der Waals surface area (Å²) in [6.07, 6.45) is 1.40. The zero-order valence-electron chi connectivity index (χ0n) is 17.2. The first-order chi connectivity index (χ1) is 16.0. The van der Waals surface area contributed by atoms with Crippen LogP contribution in [0.2, 0.25) is 0 Å². The molecule has 4 aromatic carbocycles. The molecule has 4 rings (SSSR count). The standard InChI is InChI=1S/C25H17N3O5/c29-24(18-10-13-20(14-11-18)28(31)32)27-26-16-22-21-9-5-4-6-17(21)12-15-23(22)33-25(30)19-7-2-1-3-8-19/h1-16H,(H,27,29). The molecule has 0 bridgehead atoms. The van der Waals surface area contributed by atoms with E-state index in [-0.39, 0.29) is 17.0 Å². The van der Waals surface area contributed by atoms with Gasteiger partial charge in [-0.2, -0.15) is 5.10 Å². The number of esters is 1. The number of rotatable bonds is 6. The van der Waals surface area contributed by atoms with Gasteiger partial charge in [-0.05, 0) is 41.1 Å². The minimum absolute atomic E-state index is 0.115. The first kappa shape index (κ1) is 21.4. The van der Waals surface area contributed by atoms with E-state index in [1.54, 1.807) is 36.4 Å². The molecule has 0 fully saturated rings. The quantitative estimate of drug-likeness (QED) is 0.153. The molecule has 0 aromatic heterocycles. The largest absolute Gasteiger partial charge is 0.422 e. The Bertz CT molecular complexity index is 1370. The van der Waals surface area contributed by atoms with Crippen LogP contribution in [0.15, 0.2) is 96.1 Å². The van der Waals surface area contributed by atoms with Gasteiger partial charge in [0, 0.05) is 23.3 Å². The van der Waals surface area contributed by atoms with Crippen LogP contribution in [0.4, 0.5) is 5.69 Å². The number of hydrogen-bond acceptors (Lipinski definition) is 6. The summed E-state index contributed by atoms with van der Waals surface area (Å²) in [6, 6.07) is 24.8. The summed E-state index contributed by atoms with van der Waals surface area (Å²) in [5.74, 6) is -0.768. The molecule has 0 saturated carbocycles. The lowest BCUT2D eigenvalue weighted by Gasteiger charge is -2.10. The molecule has 0 heterocycles. The second-order valence-corrected chi connectivity index (χ2v) is 6.96. The van der Waals surface area contributed by atoms with Gasteiger partial charge in [0.05, 0.1) is 16.7 Å². The number of carbonyl (C=O) groups is 2. The van der Waals surface area contributed by atoms with Crippen molar-refractivity contribution < 1.29 is 19.2 Å². The Morgan fingerprint density at radius 3 is 2.27 bits per heavy atom. The van der Waals surface area contributed by atoms with Crippen molar-refractivity contribution in [2.24, 2.45) is 5.10 Å². The average molecular weight is 439 g/mol. The molecular weight excluding hydrogens is 422 g/mol. The molecule has 0 unspecified atom stereocenters. The highest BCUT2D eigenvalue weighted by Gasteiger charge is 2.14. The number of hydrazone groups is 1. The van der Waals surface area contributed by atoms with E-state index in [9.17, 15) is 19.7 Å². The van der Waals surface area contributed by atoms with Gasteiger partial charge in [-0.25, -0.2) is 10.2 Å². The van der Waals surface area contributed by atoms with E-state index in [4.69, 9.17) is 4.74 Å². The number of nitrogens with one attached hydrogen (secondary N) is 1. The van der Waals surface area contributed by atoms with Crippen molar-refractivity contribution in [2.75, 3.05) is 0 Å². The molecule has 0 aliphatic carbocycles. The molecule has 0 radical (unpaired) electrons. The summed E-state index contributed by atoms with van der Waals surface area (Å²) in [5, 5.41) is 16.5. The van der Waals surface area contributed by atoms with Crippen molar-refractivity contribution in [3.8, 4) is 5.75 Å². The van der Waals surface area contributed by atoms with Crippen molar-refractivity contribution >= 4 is 34.6 Å². The van der Waals surface area contributed by atoms with Gasteiger partial charge in [-0.3, -0.25) is 14.9 Å². The van der Waals surface area contributed by atoms with Crippen LogP contribution in [0, 0.1) is 10.1 Å². The van der Waals surface area contributed by atoms with Crippen LogP contribution in [-0.4, -0.2) is 23.0 Å². The number of nitrogens with zero attached hydrogens (tertiary/aromatic N) is 2. The van der Waals surface area contributed by atoms with Crippen LogP contribution in [0.3, 0.4) is 0 Å². The highest BCUT2D eigenvalue weighted by molar-refractivity contribution is 6.04. The third-order valence-corrected chi connectivity index (χ3v) is 4.84. The van der Waals surface area contributed by atoms with E-state index >= 15 is 0 Å². The number of non-ortho nitro benzene ring substituents is 1. The molecule has 1 N–H and O–H groups in total. The SMILES string of the molecule is O=C(NN=Cc1c(OC(=O)c2ccccc2)ccc2ccccc12)c1ccc([N+](=O)[O-])cc1. The predicted molar refractivity (Wildman–Crippen MR) is 124 cm³/mol. The van der Waals surface area contributed by atoms with E-state index in [1.807, 2.05) is 30.3 Å². The minimum atomic E-state index is -0.543. The predicted octanol–water partition coefficient (Wildman–Crippen LogP) is 4.73. The fourth-order valence-corrected chi connectivity index (χ4v) is 3.19. The van der Waals surface area contributed by atoms with E-state index in [1.165, 1.54) is 30.5 Å². The van der Waals surface area contributed by atoms with Gasteiger partial charge >= 0.3 is 5.97 Å². The Morgan fingerprint density at radius 1 is 0.848 bits per heavy atom. The second-order valence-electron chi connectivity index (χ2n) is 6.96. The number of amides is 1. The summed E-state index contributed by atoms with van der Waals surface area (Å²) in [5.41, 5.74) is 3.41. The maximum Gasteiger partial charge on any atom is 0.343 e. The van der Waals surface area contributed by atoms with Gasteiger partial charge < -0.3 is 4.74 Å². The Labute approximate surface area is 188 Å². The number of nitro groups is 1. The zero-order valence-corrected chi connectivity index (χ0v) is 17.2. The molecule has 0 atom stereocenters. The summed E-state index contributed by atoms with van der Waals surface area (Å²) < 4.78 is 5.61. The molecule has 33 heavy (non-hydrogen) atoms. The van der Waals surface area contributed by atoms with Crippen LogP contribution in [0.1, 0.15) is 26.3 Å². The fourth-order valence-electron chi connectivity index (χ4n) is 3.19. The summed E-state index contributed by atoms with van der Waals surface area (Å²) >= 11 is 0. The summed E-state index contributed by atoms with van der Waals surface area (Å²) in [7, 11) is 0. The van der Waals surface area contributed by atoms with Crippen molar-refractivity contribution in [2.45, 2.75) is 0 Å². The lowest BCUT2D eigenvalue weighted by Crippen LogP contribution is -2.17. The molecule has 0 aliphatic heterocycles.